The van der Waals surface area contributed by atoms with E-state index in [9.17, 15) is 18.0 Å². The normalized spacial score (nSPS) is 17.1. The van der Waals surface area contributed by atoms with Crippen LogP contribution in [0.4, 0.5) is 19.0 Å². The number of fused-ring (bicyclic) bond motifs is 1. The van der Waals surface area contributed by atoms with E-state index in [-0.39, 0.29) is 17.9 Å². The lowest BCUT2D eigenvalue weighted by Crippen LogP contribution is -2.36. The molecule has 37 heavy (non-hydrogen) atoms. The molecule has 0 radical (unpaired) electrons. The van der Waals surface area contributed by atoms with E-state index < -0.39 is 24.2 Å². The number of hydrogen-bond donors (Lipinski definition) is 1. The monoisotopic (exact) mass is 504 g/mol. The second kappa shape index (κ2) is 10.1. The maximum Gasteiger partial charge on any atom is 0.410 e. The van der Waals surface area contributed by atoms with E-state index in [4.69, 9.17) is 0 Å². The number of hydrogen-bond acceptors (Lipinski definition) is 3. The molecule has 2 unspecified atom stereocenters. The summed E-state index contributed by atoms with van der Waals surface area (Å²) in [7, 11) is 0. The van der Waals surface area contributed by atoms with Crippen LogP contribution < -0.4 is 5.32 Å². The second-order valence-corrected chi connectivity index (χ2v) is 9.39. The van der Waals surface area contributed by atoms with Crippen LogP contribution in [0.25, 0.3) is 0 Å². The van der Waals surface area contributed by atoms with E-state index >= 15 is 0 Å². The SMILES string of the molecule is Cc1ccc(C2CC(C(F)(F)F)n3nc(C(=O)N(Cc4ccccc4)Cc4ccccc4)cc3N2)cc1. The molecule has 2 heterocycles. The highest BCUT2D eigenvalue weighted by Gasteiger charge is 2.47. The number of alkyl halides is 3. The van der Waals surface area contributed by atoms with Crippen LogP contribution in [0.2, 0.25) is 0 Å². The lowest BCUT2D eigenvalue weighted by atomic mass is 9.96. The molecule has 0 bridgehead atoms. The number of carbonyl (C=O) groups excluding carboxylic acids is 1. The van der Waals surface area contributed by atoms with Gasteiger partial charge in [0.15, 0.2) is 11.7 Å². The van der Waals surface area contributed by atoms with Crippen molar-refractivity contribution in [1.82, 2.24) is 14.7 Å². The molecule has 1 aliphatic heterocycles. The van der Waals surface area contributed by atoms with Crippen molar-refractivity contribution >= 4 is 11.7 Å². The fourth-order valence-electron chi connectivity index (χ4n) is 4.66. The van der Waals surface area contributed by atoms with E-state index in [1.54, 1.807) is 4.90 Å². The van der Waals surface area contributed by atoms with Gasteiger partial charge in [0.25, 0.3) is 5.91 Å². The van der Waals surface area contributed by atoms with Gasteiger partial charge in [-0.25, -0.2) is 4.68 Å². The van der Waals surface area contributed by atoms with Gasteiger partial charge in [0.05, 0.1) is 6.04 Å². The Morgan fingerprint density at radius 1 is 0.946 bits per heavy atom. The Labute approximate surface area is 213 Å². The summed E-state index contributed by atoms with van der Waals surface area (Å²) in [6, 6.07) is 25.5. The number of rotatable bonds is 6. The second-order valence-electron chi connectivity index (χ2n) is 9.39. The van der Waals surface area contributed by atoms with Crippen LogP contribution >= 0.6 is 0 Å². The van der Waals surface area contributed by atoms with Crippen molar-refractivity contribution in [1.29, 1.82) is 0 Å². The van der Waals surface area contributed by atoms with Gasteiger partial charge in [0.1, 0.15) is 5.82 Å². The summed E-state index contributed by atoms with van der Waals surface area (Å²) in [5.41, 5.74) is 3.60. The maximum atomic E-state index is 14.1. The number of aryl methyl sites for hydroxylation is 1. The van der Waals surface area contributed by atoms with Crippen LogP contribution in [0.15, 0.2) is 91.0 Å². The van der Waals surface area contributed by atoms with Gasteiger partial charge < -0.3 is 10.2 Å². The molecule has 190 valence electrons. The zero-order valence-electron chi connectivity index (χ0n) is 20.3. The molecule has 1 N–H and O–H groups in total. The molecule has 3 aromatic carbocycles. The van der Waals surface area contributed by atoms with Gasteiger partial charge in [0, 0.05) is 25.6 Å². The van der Waals surface area contributed by atoms with E-state index in [1.165, 1.54) is 6.07 Å². The number of nitrogens with one attached hydrogen (secondary N) is 1. The molecule has 0 fully saturated rings. The van der Waals surface area contributed by atoms with Crippen molar-refractivity contribution in [3.05, 3.63) is 119 Å². The zero-order chi connectivity index (χ0) is 26.0. The Hall–Kier alpha value is -4.07. The van der Waals surface area contributed by atoms with E-state index in [2.05, 4.69) is 10.4 Å². The predicted octanol–water partition coefficient (Wildman–Crippen LogP) is 6.69. The predicted molar refractivity (Wildman–Crippen MR) is 136 cm³/mol. The highest BCUT2D eigenvalue weighted by molar-refractivity contribution is 5.93. The number of anilines is 1. The number of benzene rings is 3. The molecule has 4 aromatic rings. The standard InChI is InChI=1S/C29H27F3N4O/c1-20-12-14-23(15-13-20)24-16-26(29(30,31)32)36-27(33-24)17-25(34-36)28(37)35(18-21-8-4-2-5-9-21)19-22-10-6-3-7-11-22/h2-15,17,24,26,33H,16,18-19H2,1H3. The summed E-state index contributed by atoms with van der Waals surface area (Å²) in [6.07, 6.45) is -4.73. The highest BCUT2D eigenvalue weighted by Crippen LogP contribution is 2.43. The summed E-state index contributed by atoms with van der Waals surface area (Å²) in [6.45, 7) is 2.54. The minimum atomic E-state index is -4.51. The van der Waals surface area contributed by atoms with Crippen molar-refractivity contribution < 1.29 is 18.0 Å². The fourth-order valence-corrected chi connectivity index (χ4v) is 4.66. The first-order chi connectivity index (χ1) is 17.8. The molecule has 1 aliphatic rings. The summed E-state index contributed by atoms with van der Waals surface area (Å²) < 4.78 is 43.3. The van der Waals surface area contributed by atoms with Crippen molar-refractivity contribution in [2.45, 2.75) is 44.7 Å². The van der Waals surface area contributed by atoms with Crippen LogP contribution in [0, 0.1) is 6.92 Å². The molecule has 1 amide bonds. The molecule has 0 aliphatic carbocycles. The van der Waals surface area contributed by atoms with E-state index in [1.807, 2.05) is 91.9 Å². The van der Waals surface area contributed by atoms with Gasteiger partial charge in [-0.3, -0.25) is 4.79 Å². The highest BCUT2D eigenvalue weighted by atomic mass is 19.4. The molecule has 8 heteroatoms. The van der Waals surface area contributed by atoms with Crippen molar-refractivity contribution in [2.75, 3.05) is 5.32 Å². The lowest BCUT2D eigenvalue weighted by molar-refractivity contribution is -0.173. The third-order valence-electron chi connectivity index (χ3n) is 6.61. The molecular weight excluding hydrogens is 477 g/mol. The number of amides is 1. The number of nitrogens with zero attached hydrogens (tertiary/aromatic N) is 3. The molecule has 2 atom stereocenters. The molecule has 5 rings (SSSR count). The molecular formula is C29H27F3N4O. The quantitative estimate of drug-likeness (QED) is 0.318. The summed E-state index contributed by atoms with van der Waals surface area (Å²) >= 11 is 0. The van der Waals surface area contributed by atoms with Crippen LogP contribution in [-0.2, 0) is 13.1 Å². The third-order valence-corrected chi connectivity index (χ3v) is 6.61. The number of carbonyl (C=O) groups is 1. The zero-order valence-corrected chi connectivity index (χ0v) is 20.3. The molecule has 0 saturated carbocycles. The smallest absolute Gasteiger partial charge is 0.363 e. The molecule has 1 aromatic heterocycles. The molecule has 0 spiro atoms. The first-order valence-corrected chi connectivity index (χ1v) is 12.1. The van der Waals surface area contributed by atoms with E-state index in [0.29, 0.717) is 13.1 Å². The van der Waals surface area contributed by atoms with Gasteiger partial charge in [-0.05, 0) is 23.6 Å². The summed E-state index contributed by atoms with van der Waals surface area (Å²) in [5, 5.41) is 7.37. The molecule has 0 saturated heterocycles. The lowest BCUT2D eigenvalue weighted by Gasteiger charge is -2.33. The number of aromatic nitrogens is 2. The van der Waals surface area contributed by atoms with E-state index in [0.717, 1.165) is 26.9 Å². The van der Waals surface area contributed by atoms with Gasteiger partial charge in [-0.2, -0.15) is 18.3 Å². The van der Waals surface area contributed by atoms with Gasteiger partial charge in [0.2, 0.25) is 0 Å². The van der Waals surface area contributed by atoms with Gasteiger partial charge in [-0.15, -0.1) is 0 Å². The largest absolute Gasteiger partial charge is 0.410 e. The Morgan fingerprint density at radius 3 is 2.05 bits per heavy atom. The Balaban J connectivity index is 1.47. The summed E-state index contributed by atoms with van der Waals surface area (Å²) in [4.78, 5) is 15.3. The van der Waals surface area contributed by atoms with Crippen LogP contribution in [0.5, 0.6) is 0 Å². The Morgan fingerprint density at radius 2 is 1.51 bits per heavy atom. The summed E-state index contributed by atoms with van der Waals surface area (Å²) in [5.74, 6) is -0.244. The van der Waals surface area contributed by atoms with Crippen molar-refractivity contribution in [3.8, 4) is 0 Å². The first-order valence-electron chi connectivity index (χ1n) is 12.1. The fraction of sp³-hybridized carbons (Fsp3) is 0.241. The Kier molecular flexibility index (Phi) is 6.74. The third kappa shape index (κ3) is 5.53. The van der Waals surface area contributed by atoms with Crippen LogP contribution in [-0.4, -0.2) is 26.8 Å². The average molecular weight is 505 g/mol. The Bertz CT molecular complexity index is 1310. The topological polar surface area (TPSA) is 50.2 Å². The van der Waals surface area contributed by atoms with Crippen LogP contribution in [0.3, 0.4) is 0 Å². The maximum absolute atomic E-state index is 14.1. The minimum Gasteiger partial charge on any atom is -0.363 e. The van der Waals surface area contributed by atoms with Crippen molar-refractivity contribution in [3.63, 3.8) is 0 Å². The number of halogens is 3. The molecule has 5 nitrogen and oxygen atoms in total. The minimum absolute atomic E-state index is 0.0202. The van der Waals surface area contributed by atoms with Crippen LogP contribution in [0.1, 0.15) is 51.2 Å². The average Bonchev–Trinajstić information content (AvgIpc) is 3.32. The van der Waals surface area contributed by atoms with Crippen molar-refractivity contribution in [2.24, 2.45) is 0 Å². The van der Waals surface area contributed by atoms with Gasteiger partial charge >= 0.3 is 6.18 Å². The first kappa shape index (κ1) is 24.6. The van der Waals surface area contributed by atoms with Gasteiger partial charge in [-0.1, -0.05) is 90.5 Å².